The molecule has 2 unspecified atom stereocenters. The topological polar surface area (TPSA) is 20.3 Å². The number of carbonyl (C=O) groups is 1. The van der Waals surface area contributed by atoms with Gasteiger partial charge in [0.1, 0.15) is 6.29 Å². The van der Waals surface area contributed by atoms with Crippen LogP contribution in [0.4, 0.5) is 0 Å². The van der Waals surface area contributed by atoms with Crippen LogP contribution < -0.4 is 0 Å². The van der Waals surface area contributed by atoms with Crippen LogP contribution in [0.2, 0.25) is 0 Å². The van der Waals surface area contributed by atoms with Gasteiger partial charge in [0, 0.05) is 6.54 Å². The van der Waals surface area contributed by atoms with Crippen molar-refractivity contribution in [1.82, 2.24) is 4.90 Å². The van der Waals surface area contributed by atoms with Crippen molar-refractivity contribution < 1.29 is 4.79 Å². The summed E-state index contributed by atoms with van der Waals surface area (Å²) in [6.07, 6.45) is 2.25. The van der Waals surface area contributed by atoms with Gasteiger partial charge in [-0.2, -0.15) is 0 Å². The molecule has 0 spiro atoms. The predicted octanol–water partition coefficient (Wildman–Crippen LogP) is 1.16. The van der Waals surface area contributed by atoms with Crippen molar-refractivity contribution in [3.63, 3.8) is 0 Å². The average molecular weight is 155 g/mol. The summed E-state index contributed by atoms with van der Waals surface area (Å²) >= 11 is 0. The first kappa shape index (κ1) is 8.72. The summed E-state index contributed by atoms with van der Waals surface area (Å²) < 4.78 is 0. The molecule has 1 aliphatic rings. The molecule has 1 fully saturated rings. The van der Waals surface area contributed by atoms with Crippen LogP contribution in [0.15, 0.2) is 0 Å². The number of carbonyl (C=O) groups excluding carboxylic acids is 1. The first-order valence-corrected chi connectivity index (χ1v) is 4.40. The van der Waals surface area contributed by atoms with Gasteiger partial charge in [-0.15, -0.1) is 0 Å². The SMILES string of the molecule is CC1CCN(CC=O)CC1C. The minimum atomic E-state index is 0.622. The summed E-state index contributed by atoms with van der Waals surface area (Å²) in [6.45, 7) is 7.38. The van der Waals surface area contributed by atoms with Crippen LogP contribution in [-0.2, 0) is 4.79 Å². The molecule has 2 heteroatoms. The van der Waals surface area contributed by atoms with Gasteiger partial charge < -0.3 is 4.79 Å². The van der Waals surface area contributed by atoms with E-state index in [1.807, 2.05) is 0 Å². The monoisotopic (exact) mass is 155 g/mol. The number of likely N-dealkylation sites (tertiary alicyclic amines) is 1. The van der Waals surface area contributed by atoms with Crippen LogP contribution in [0.1, 0.15) is 20.3 Å². The minimum Gasteiger partial charge on any atom is -0.302 e. The zero-order chi connectivity index (χ0) is 8.27. The summed E-state index contributed by atoms with van der Waals surface area (Å²) in [6, 6.07) is 0. The maximum Gasteiger partial charge on any atom is 0.133 e. The van der Waals surface area contributed by atoms with E-state index in [-0.39, 0.29) is 0 Å². The Labute approximate surface area is 68.6 Å². The molecule has 1 heterocycles. The maximum absolute atomic E-state index is 10.2. The third-order valence-corrected chi connectivity index (χ3v) is 2.75. The number of rotatable bonds is 2. The van der Waals surface area contributed by atoms with E-state index in [0.29, 0.717) is 6.54 Å². The van der Waals surface area contributed by atoms with E-state index < -0.39 is 0 Å². The van der Waals surface area contributed by atoms with Crippen molar-refractivity contribution >= 4 is 6.29 Å². The Balaban J connectivity index is 2.33. The van der Waals surface area contributed by atoms with E-state index in [2.05, 4.69) is 18.7 Å². The van der Waals surface area contributed by atoms with Gasteiger partial charge in [0.05, 0.1) is 6.54 Å². The number of hydrogen-bond acceptors (Lipinski definition) is 2. The summed E-state index contributed by atoms with van der Waals surface area (Å²) in [5, 5.41) is 0. The quantitative estimate of drug-likeness (QED) is 0.558. The molecule has 1 rings (SSSR count). The Morgan fingerprint density at radius 3 is 2.73 bits per heavy atom. The largest absolute Gasteiger partial charge is 0.302 e. The van der Waals surface area contributed by atoms with Gasteiger partial charge in [0.25, 0.3) is 0 Å². The molecular formula is C9H17NO. The normalized spacial score (nSPS) is 33.6. The molecule has 0 bridgehead atoms. The first-order chi connectivity index (χ1) is 5.24. The highest BCUT2D eigenvalue weighted by molar-refractivity contribution is 5.51. The first-order valence-electron chi connectivity index (χ1n) is 4.40. The van der Waals surface area contributed by atoms with Crippen molar-refractivity contribution in [1.29, 1.82) is 0 Å². The molecular weight excluding hydrogens is 138 g/mol. The van der Waals surface area contributed by atoms with Crippen molar-refractivity contribution in [2.45, 2.75) is 20.3 Å². The van der Waals surface area contributed by atoms with Crippen molar-refractivity contribution in [2.75, 3.05) is 19.6 Å². The lowest BCUT2D eigenvalue weighted by Gasteiger charge is -2.33. The second-order valence-corrected chi connectivity index (χ2v) is 3.67. The molecule has 1 aliphatic heterocycles. The van der Waals surface area contributed by atoms with Crippen LogP contribution in [0.25, 0.3) is 0 Å². The zero-order valence-electron chi connectivity index (χ0n) is 7.42. The highest BCUT2D eigenvalue weighted by atomic mass is 16.1. The highest BCUT2D eigenvalue weighted by Gasteiger charge is 2.21. The molecule has 2 nitrogen and oxygen atoms in total. The van der Waals surface area contributed by atoms with Crippen LogP contribution in [0.5, 0.6) is 0 Å². The van der Waals surface area contributed by atoms with Crippen LogP contribution in [-0.4, -0.2) is 30.8 Å². The lowest BCUT2D eigenvalue weighted by Crippen LogP contribution is -2.39. The second kappa shape index (κ2) is 3.86. The summed E-state index contributed by atoms with van der Waals surface area (Å²) in [4.78, 5) is 12.5. The zero-order valence-corrected chi connectivity index (χ0v) is 7.42. The Kier molecular flexibility index (Phi) is 3.06. The Morgan fingerprint density at radius 2 is 2.18 bits per heavy atom. The van der Waals surface area contributed by atoms with Gasteiger partial charge in [-0.25, -0.2) is 0 Å². The van der Waals surface area contributed by atoms with Crippen molar-refractivity contribution in [3.05, 3.63) is 0 Å². The molecule has 0 aromatic rings. The molecule has 64 valence electrons. The Bertz CT molecular complexity index is 136. The average Bonchev–Trinajstić information content (AvgIpc) is 1.98. The Morgan fingerprint density at radius 1 is 1.45 bits per heavy atom. The molecule has 0 saturated carbocycles. The van der Waals surface area contributed by atoms with Crippen LogP contribution >= 0.6 is 0 Å². The fraction of sp³-hybridized carbons (Fsp3) is 0.889. The molecule has 0 aromatic carbocycles. The van der Waals surface area contributed by atoms with E-state index in [1.54, 1.807) is 0 Å². The Hall–Kier alpha value is -0.370. The molecule has 2 atom stereocenters. The molecule has 1 saturated heterocycles. The maximum atomic E-state index is 10.2. The van der Waals surface area contributed by atoms with E-state index >= 15 is 0 Å². The predicted molar refractivity (Wildman–Crippen MR) is 45.4 cm³/mol. The van der Waals surface area contributed by atoms with E-state index in [4.69, 9.17) is 0 Å². The third-order valence-electron chi connectivity index (χ3n) is 2.75. The van der Waals surface area contributed by atoms with E-state index in [1.165, 1.54) is 6.42 Å². The minimum absolute atomic E-state index is 0.622. The summed E-state index contributed by atoms with van der Waals surface area (Å²) in [7, 11) is 0. The van der Waals surface area contributed by atoms with Gasteiger partial charge in [-0.1, -0.05) is 13.8 Å². The fourth-order valence-electron chi connectivity index (χ4n) is 1.62. The number of hydrogen-bond donors (Lipinski definition) is 0. The van der Waals surface area contributed by atoms with Gasteiger partial charge in [0.2, 0.25) is 0 Å². The molecule has 0 radical (unpaired) electrons. The van der Waals surface area contributed by atoms with Gasteiger partial charge >= 0.3 is 0 Å². The molecule has 11 heavy (non-hydrogen) atoms. The smallest absolute Gasteiger partial charge is 0.133 e. The molecule has 0 aliphatic carbocycles. The van der Waals surface area contributed by atoms with Crippen molar-refractivity contribution in [3.8, 4) is 0 Å². The standard InChI is InChI=1S/C9H17NO/c1-8-3-4-10(5-6-11)7-9(8)2/h6,8-9H,3-5,7H2,1-2H3. The van der Waals surface area contributed by atoms with Gasteiger partial charge in [-0.3, -0.25) is 4.90 Å². The van der Waals surface area contributed by atoms with Gasteiger partial charge in [0.15, 0.2) is 0 Å². The second-order valence-electron chi connectivity index (χ2n) is 3.67. The fourth-order valence-corrected chi connectivity index (χ4v) is 1.62. The summed E-state index contributed by atoms with van der Waals surface area (Å²) in [5.74, 6) is 1.58. The van der Waals surface area contributed by atoms with Crippen LogP contribution in [0, 0.1) is 11.8 Å². The van der Waals surface area contributed by atoms with E-state index in [0.717, 1.165) is 31.2 Å². The third kappa shape index (κ3) is 2.29. The molecule has 0 aromatic heterocycles. The van der Waals surface area contributed by atoms with Gasteiger partial charge in [-0.05, 0) is 24.8 Å². The number of aldehydes is 1. The lowest BCUT2D eigenvalue weighted by atomic mass is 9.89. The molecule has 0 amide bonds. The van der Waals surface area contributed by atoms with E-state index in [9.17, 15) is 4.79 Å². The lowest BCUT2D eigenvalue weighted by molar-refractivity contribution is -0.109. The van der Waals surface area contributed by atoms with Crippen LogP contribution in [0.3, 0.4) is 0 Å². The highest BCUT2D eigenvalue weighted by Crippen LogP contribution is 2.21. The summed E-state index contributed by atoms with van der Waals surface area (Å²) in [5.41, 5.74) is 0. The van der Waals surface area contributed by atoms with Crippen molar-refractivity contribution in [2.24, 2.45) is 11.8 Å². The number of piperidine rings is 1. The number of nitrogens with zero attached hydrogens (tertiary/aromatic N) is 1. The molecule has 0 N–H and O–H groups in total.